The van der Waals surface area contributed by atoms with Gasteiger partial charge >= 0.3 is 0 Å². The second kappa shape index (κ2) is 6.73. The highest BCUT2D eigenvalue weighted by Crippen LogP contribution is 2.26. The average Bonchev–Trinajstić information content (AvgIpc) is 3.12. The summed E-state index contributed by atoms with van der Waals surface area (Å²) in [5, 5.41) is 0. The number of rotatable bonds is 4. The first-order valence-electron chi connectivity index (χ1n) is 6.83. The second-order valence-corrected chi connectivity index (χ2v) is 5.63. The van der Waals surface area contributed by atoms with E-state index in [1.54, 1.807) is 0 Å². The molecule has 5 heteroatoms. The van der Waals surface area contributed by atoms with Gasteiger partial charge in [0.05, 0.1) is 6.54 Å². The summed E-state index contributed by atoms with van der Waals surface area (Å²) >= 11 is 0. The third kappa shape index (κ3) is 3.59. The quantitative estimate of drug-likeness (QED) is 0.836. The van der Waals surface area contributed by atoms with Crippen LogP contribution in [0.2, 0.25) is 0 Å². The molecule has 1 amide bonds. The highest BCUT2D eigenvalue weighted by Gasteiger charge is 2.33. The van der Waals surface area contributed by atoms with Gasteiger partial charge in [-0.1, -0.05) is 6.92 Å². The summed E-state index contributed by atoms with van der Waals surface area (Å²) in [7, 11) is 1.94. The van der Waals surface area contributed by atoms with Crippen molar-refractivity contribution < 1.29 is 4.79 Å². The molecule has 0 aromatic heterocycles. The maximum atomic E-state index is 12.1. The lowest BCUT2D eigenvalue weighted by molar-refractivity contribution is -0.132. The highest BCUT2D eigenvalue weighted by atomic mass is 35.5. The van der Waals surface area contributed by atoms with Gasteiger partial charge in [0.2, 0.25) is 5.91 Å². The van der Waals surface area contributed by atoms with Gasteiger partial charge in [-0.25, -0.2) is 0 Å². The zero-order chi connectivity index (χ0) is 12.4. The van der Waals surface area contributed by atoms with Crippen molar-refractivity contribution in [2.75, 3.05) is 26.7 Å². The van der Waals surface area contributed by atoms with Gasteiger partial charge in [-0.2, -0.15) is 0 Å². The summed E-state index contributed by atoms with van der Waals surface area (Å²) < 4.78 is 0. The van der Waals surface area contributed by atoms with Crippen LogP contribution in [0.1, 0.15) is 32.6 Å². The number of likely N-dealkylation sites (N-methyl/N-ethyl adjacent to an activating group) is 1. The molecule has 4 nitrogen and oxygen atoms in total. The molecule has 0 bridgehead atoms. The molecule has 1 heterocycles. The molecular weight excluding hydrogens is 250 g/mol. The maximum absolute atomic E-state index is 12.1. The molecule has 1 aliphatic carbocycles. The van der Waals surface area contributed by atoms with E-state index in [4.69, 9.17) is 5.73 Å². The van der Waals surface area contributed by atoms with E-state index in [1.807, 2.05) is 11.9 Å². The Morgan fingerprint density at radius 2 is 2.06 bits per heavy atom. The molecule has 2 atom stereocenters. The van der Waals surface area contributed by atoms with Gasteiger partial charge in [0.25, 0.3) is 0 Å². The van der Waals surface area contributed by atoms with Gasteiger partial charge in [-0.05, 0) is 38.1 Å². The molecule has 18 heavy (non-hydrogen) atoms. The molecule has 106 valence electrons. The van der Waals surface area contributed by atoms with Crippen LogP contribution in [0, 0.1) is 5.92 Å². The number of carbonyl (C=O) groups is 1. The van der Waals surface area contributed by atoms with Crippen LogP contribution >= 0.6 is 12.4 Å². The van der Waals surface area contributed by atoms with Gasteiger partial charge in [0.15, 0.2) is 0 Å². The third-order valence-corrected chi connectivity index (χ3v) is 4.30. The normalized spacial score (nSPS) is 28.6. The number of hydrogen-bond acceptors (Lipinski definition) is 3. The molecule has 2 aliphatic rings. The fraction of sp³-hybridized carbons (Fsp3) is 0.923. The largest absolute Gasteiger partial charge is 0.342 e. The molecule has 1 aliphatic heterocycles. The number of piperidine rings is 1. The van der Waals surface area contributed by atoms with E-state index in [0.29, 0.717) is 31.1 Å². The zero-order valence-corrected chi connectivity index (χ0v) is 12.3. The fourth-order valence-electron chi connectivity index (χ4n) is 2.86. The Balaban J connectivity index is 0.00000162. The standard InChI is InChI=1S/C13H25N3O.ClH/c1-10-4-3-7-16(12(10)8-14)9-13(17)15(2)11-5-6-11;/h10-12H,3-9,14H2,1-2H3;1H. The Kier molecular flexibility index (Phi) is 5.89. The van der Waals surface area contributed by atoms with Crippen LogP contribution in [0.4, 0.5) is 0 Å². The van der Waals surface area contributed by atoms with Gasteiger partial charge < -0.3 is 10.6 Å². The summed E-state index contributed by atoms with van der Waals surface area (Å²) in [6.07, 6.45) is 4.79. The molecule has 0 aromatic rings. The summed E-state index contributed by atoms with van der Waals surface area (Å²) in [5.74, 6) is 0.882. The van der Waals surface area contributed by atoms with Crippen molar-refractivity contribution in [2.24, 2.45) is 11.7 Å². The first-order valence-corrected chi connectivity index (χ1v) is 6.83. The third-order valence-electron chi connectivity index (χ3n) is 4.30. The molecule has 1 saturated heterocycles. The lowest BCUT2D eigenvalue weighted by Crippen LogP contribution is -2.52. The molecule has 0 radical (unpaired) electrons. The number of nitrogens with two attached hydrogens (primary N) is 1. The Morgan fingerprint density at radius 1 is 1.39 bits per heavy atom. The first kappa shape index (κ1) is 15.7. The lowest BCUT2D eigenvalue weighted by atomic mass is 9.91. The smallest absolute Gasteiger partial charge is 0.236 e. The molecule has 0 aromatic carbocycles. The van der Waals surface area contributed by atoms with Crippen molar-refractivity contribution in [3.63, 3.8) is 0 Å². The number of likely N-dealkylation sites (tertiary alicyclic amines) is 1. The van der Waals surface area contributed by atoms with Gasteiger partial charge in [-0.3, -0.25) is 9.69 Å². The summed E-state index contributed by atoms with van der Waals surface area (Å²) in [4.78, 5) is 16.3. The molecular formula is C13H26ClN3O. The summed E-state index contributed by atoms with van der Waals surface area (Å²) in [5.41, 5.74) is 5.84. The van der Waals surface area contributed by atoms with E-state index < -0.39 is 0 Å². The Bertz CT molecular complexity index is 283. The van der Waals surface area contributed by atoms with Crippen molar-refractivity contribution in [3.8, 4) is 0 Å². The SMILES string of the molecule is CC1CCCN(CC(=O)N(C)C2CC2)C1CN.Cl. The molecule has 0 spiro atoms. The van der Waals surface area contributed by atoms with E-state index in [0.717, 1.165) is 6.54 Å². The van der Waals surface area contributed by atoms with Crippen molar-refractivity contribution in [3.05, 3.63) is 0 Å². The predicted octanol–water partition coefficient (Wildman–Crippen LogP) is 1.09. The van der Waals surface area contributed by atoms with Crippen LogP contribution in [-0.2, 0) is 4.79 Å². The molecule has 2 rings (SSSR count). The van der Waals surface area contributed by atoms with Crippen molar-refractivity contribution in [1.29, 1.82) is 0 Å². The number of hydrogen-bond donors (Lipinski definition) is 1. The van der Waals surface area contributed by atoms with Crippen LogP contribution in [0.15, 0.2) is 0 Å². The van der Waals surface area contributed by atoms with Gasteiger partial charge in [0, 0.05) is 25.7 Å². The minimum absolute atomic E-state index is 0. The fourth-order valence-corrected chi connectivity index (χ4v) is 2.86. The highest BCUT2D eigenvalue weighted by molar-refractivity contribution is 5.85. The van der Waals surface area contributed by atoms with E-state index >= 15 is 0 Å². The van der Waals surface area contributed by atoms with Crippen LogP contribution < -0.4 is 5.73 Å². The number of amides is 1. The van der Waals surface area contributed by atoms with Crippen LogP contribution in [-0.4, -0.2) is 54.5 Å². The van der Waals surface area contributed by atoms with E-state index in [-0.39, 0.29) is 18.3 Å². The number of halogens is 1. The number of nitrogens with zero attached hydrogens (tertiary/aromatic N) is 2. The topological polar surface area (TPSA) is 49.6 Å². The van der Waals surface area contributed by atoms with E-state index in [2.05, 4.69) is 11.8 Å². The number of carbonyl (C=O) groups excluding carboxylic acids is 1. The Labute approximate surface area is 116 Å². The van der Waals surface area contributed by atoms with Crippen molar-refractivity contribution in [1.82, 2.24) is 9.80 Å². The second-order valence-electron chi connectivity index (χ2n) is 5.63. The maximum Gasteiger partial charge on any atom is 0.236 e. The molecule has 2 fully saturated rings. The van der Waals surface area contributed by atoms with Crippen LogP contribution in [0.25, 0.3) is 0 Å². The summed E-state index contributed by atoms with van der Waals surface area (Å²) in [6, 6.07) is 0.904. The van der Waals surface area contributed by atoms with E-state index in [1.165, 1.54) is 25.7 Å². The summed E-state index contributed by atoms with van der Waals surface area (Å²) in [6.45, 7) is 4.50. The minimum atomic E-state index is 0. The predicted molar refractivity (Wildman–Crippen MR) is 75.9 cm³/mol. The minimum Gasteiger partial charge on any atom is -0.342 e. The molecule has 2 N–H and O–H groups in total. The Morgan fingerprint density at radius 3 is 2.61 bits per heavy atom. The Hall–Kier alpha value is -0.320. The lowest BCUT2D eigenvalue weighted by Gasteiger charge is -2.39. The monoisotopic (exact) mass is 275 g/mol. The van der Waals surface area contributed by atoms with Gasteiger partial charge in [0.1, 0.15) is 0 Å². The first-order chi connectivity index (χ1) is 8.13. The van der Waals surface area contributed by atoms with Crippen LogP contribution in [0.5, 0.6) is 0 Å². The van der Waals surface area contributed by atoms with E-state index in [9.17, 15) is 4.79 Å². The van der Waals surface area contributed by atoms with Gasteiger partial charge in [-0.15, -0.1) is 12.4 Å². The molecule has 2 unspecified atom stereocenters. The van der Waals surface area contributed by atoms with Crippen LogP contribution in [0.3, 0.4) is 0 Å². The van der Waals surface area contributed by atoms with Crippen molar-refractivity contribution >= 4 is 18.3 Å². The average molecular weight is 276 g/mol. The zero-order valence-electron chi connectivity index (χ0n) is 11.5. The van der Waals surface area contributed by atoms with Crippen molar-refractivity contribution in [2.45, 2.75) is 44.7 Å². The molecule has 1 saturated carbocycles.